The fourth-order valence-electron chi connectivity index (χ4n) is 2.14. The van der Waals surface area contributed by atoms with Gasteiger partial charge in [-0.15, -0.1) is 0 Å². The molecule has 0 aliphatic heterocycles. The predicted octanol–water partition coefficient (Wildman–Crippen LogP) is 0.650. The van der Waals surface area contributed by atoms with Crippen molar-refractivity contribution in [3.8, 4) is 5.75 Å². The van der Waals surface area contributed by atoms with Crippen molar-refractivity contribution in [3.63, 3.8) is 0 Å². The second kappa shape index (κ2) is 6.58. The third-order valence-electron chi connectivity index (χ3n) is 3.52. The monoisotopic (exact) mass is 279 g/mol. The average molecular weight is 279 g/mol. The van der Waals surface area contributed by atoms with Crippen LogP contribution in [0.2, 0.25) is 0 Å². The van der Waals surface area contributed by atoms with Gasteiger partial charge in [-0.3, -0.25) is 0 Å². The molecule has 1 unspecified atom stereocenters. The molecule has 0 heterocycles. The van der Waals surface area contributed by atoms with E-state index in [1.807, 2.05) is 6.07 Å². The molecule has 1 aliphatic carbocycles. The van der Waals surface area contributed by atoms with Crippen molar-refractivity contribution in [2.75, 3.05) is 13.7 Å². The minimum absolute atomic E-state index is 0.0620. The maximum atomic E-state index is 9.81. The predicted molar refractivity (Wildman–Crippen MR) is 75.9 cm³/mol. The van der Waals surface area contributed by atoms with E-state index in [1.165, 1.54) is 0 Å². The van der Waals surface area contributed by atoms with Crippen LogP contribution in [0.15, 0.2) is 23.4 Å². The zero-order chi connectivity index (χ0) is 14.5. The van der Waals surface area contributed by atoms with Gasteiger partial charge in [0.05, 0.1) is 13.2 Å². The lowest BCUT2D eigenvalue weighted by molar-refractivity contribution is 0.148. The Morgan fingerprint density at radius 3 is 2.90 bits per heavy atom. The van der Waals surface area contributed by atoms with Crippen molar-refractivity contribution in [2.45, 2.75) is 25.5 Å². The van der Waals surface area contributed by atoms with Crippen LogP contribution in [0.4, 0.5) is 0 Å². The number of hydrogen-bond donors (Lipinski definition) is 4. The molecule has 1 aliphatic rings. The molecule has 5 N–H and O–H groups in total. The average Bonchev–Trinajstić information content (AvgIpc) is 3.30. The van der Waals surface area contributed by atoms with Crippen LogP contribution < -0.4 is 15.8 Å². The van der Waals surface area contributed by atoms with E-state index >= 15 is 0 Å². The Morgan fingerprint density at radius 2 is 2.30 bits per heavy atom. The SMILES string of the molecule is COc1ccc(/C(N)=N/O)cc1CNCC(O)C1CC1. The van der Waals surface area contributed by atoms with Crippen molar-refractivity contribution in [1.82, 2.24) is 5.32 Å². The number of amidine groups is 1. The smallest absolute Gasteiger partial charge is 0.170 e. The van der Waals surface area contributed by atoms with Crippen LogP contribution >= 0.6 is 0 Å². The summed E-state index contributed by atoms with van der Waals surface area (Å²) in [6.45, 7) is 1.11. The van der Waals surface area contributed by atoms with Gasteiger partial charge in [0.2, 0.25) is 0 Å². The topological polar surface area (TPSA) is 100 Å². The molecule has 0 amide bonds. The van der Waals surface area contributed by atoms with Crippen LogP contribution in [-0.2, 0) is 6.54 Å². The van der Waals surface area contributed by atoms with E-state index in [2.05, 4.69) is 10.5 Å². The van der Waals surface area contributed by atoms with Crippen molar-refractivity contribution in [3.05, 3.63) is 29.3 Å². The zero-order valence-corrected chi connectivity index (χ0v) is 11.5. The minimum atomic E-state index is -0.284. The van der Waals surface area contributed by atoms with E-state index in [0.29, 0.717) is 24.6 Å². The van der Waals surface area contributed by atoms with Crippen molar-refractivity contribution < 1.29 is 15.1 Å². The summed E-state index contributed by atoms with van der Waals surface area (Å²) in [5.41, 5.74) is 7.11. The summed E-state index contributed by atoms with van der Waals surface area (Å²) in [7, 11) is 1.60. The molecule has 1 aromatic rings. The Kier molecular flexibility index (Phi) is 4.81. The summed E-state index contributed by atoms with van der Waals surface area (Å²) < 4.78 is 5.29. The van der Waals surface area contributed by atoms with Crippen LogP contribution in [0, 0.1) is 5.92 Å². The number of oxime groups is 1. The number of aliphatic hydroxyl groups excluding tert-OH is 1. The molecule has 1 aromatic carbocycles. The zero-order valence-electron chi connectivity index (χ0n) is 11.5. The van der Waals surface area contributed by atoms with Crippen molar-refractivity contribution in [1.29, 1.82) is 0 Å². The summed E-state index contributed by atoms with van der Waals surface area (Å²) in [5.74, 6) is 1.24. The number of benzene rings is 1. The molecule has 0 spiro atoms. The maximum Gasteiger partial charge on any atom is 0.170 e. The van der Waals surface area contributed by atoms with Gasteiger partial charge >= 0.3 is 0 Å². The molecule has 1 atom stereocenters. The summed E-state index contributed by atoms with van der Waals surface area (Å²) in [6.07, 6.45) is 1.95. The number of nitrogens with zero attached hydrogens (tertiary/aromatic N) is 1. The van der Waals surface area contributed by atoms with E-state index in [0.717, 1.165) is 24.2 Å². The first-order chi connectivity index (χ1) is 9.65. The number of nitrogens with two attached hydrogens (primary N) is 1. The summed E-state index contributed by atoms with van der Waals surface area (Å²) >= 11 is 0. The molecule has 0 radical (unpaired) electrons. The Morgan fingerprint density at radius 1 is 1.55 bits per heavy atom. The molecule has 0 bridgehead atoms. The molecule has 110 valence electrons. The van der Waals surface area contributed by atoms with Crippen LogP contribution in [0.3, 0.4) is 0 Å². The van der Waals surface area contributed by atoms with Crippen LogP contribution in [0.25, 0.3) is 0 Å². The van der Waals surface area contributed by atoms with Gasteiger partial charge in [-0.2, -0.15) is 0 Å². The molecular formula is C14H21N3O3. The van der Waals surface area contributed by atoms with Gasteiger partial charge in [-0.25, -0.2) is 0 Å². The maximum absolute atomic E-state index is 9.81. The number of methoxy groups -OCH3 is 1. The molecule has 1 saturated carbocycles. The van der Waals surface area contributed by atoms with Crippen LogP contribution in [0.5, 0.6) is 5.75 Å². The first kappa shape index (κ1) is 14.6. The van der Waals surface area contributed by atoms with Gasteiger partial charge in [0.15, 0.2) is 5.84 Å². The second-order valence-corrected chi connectivity index (χ2v) is 5.05. The highest BCUT2D eigenvalue weighted by Crippen LogP contribution is 2.32. The normalized spacial score (nSPS) is 17.0. The first-order valence-electron chi connectivity index (χ1n) is 6.69. The van der Waals surface area contributed by atoms with Crippen LogP contribution in [-0.4, -0.2) is 35.9 Å². The van der Waals surface area contributed by atoms with Gasteiger partial charge in [0.25, 0.3) is 0 Å². The third-order valence-corrected chi connectivity index (χ3v) is 3.52. The number of hydrogen-bond acceptors (Lipinski definition) is 5. The highest BCUT2D eigenvalue weighted by atomic mass is 16.5. The number of aliphatic hydroxyl groups is 1. The summed E-state index contributed by atoms with van der Waals surface area (Å²) in [4.78, 5) is 0. The molecule has 0 aromatic heterocycles. The molecule has 2 rings (SSSR count). The standard InChI is InChI=1S/C14H21N3O3/c1-20-13-5-4-10(14(15)17-19)6-11(13)7-16-8-12(18)9-2-3-9/h4-6,9,12,16,18-19H,2-3,7-8H2,1H3,(H2,15,17). The number of rotatable bonds is 7. The van der Waals surface area contributed by atoms with Crippen LogP contribution in [0.1, 0.15) is 24.0 Å². The van der Waals surface area contributed by atoms with E-state index in [9.17, 15) is 5.11 Å². The minimum Gasteiger partial charge on any atom is -0.496 e. The van der Waals surface area contributed by atoms with Gasteiger partial charge < -0.3 is 26.1 Å². The Hall–Kier alpha value is -1.79. The largest absolute Gasteiger partial charge is 0.496 e. The Bertz CT molecular complexity index is 487. The van der Waals surface area contributed by atoms with Crippen molar-refractivity contribution in [2.24, 2.45) is 16.8 Å². The van der Waals surface area contributed by atoms with Crippen molar-refractivity contribution >= 4 is 5.84 Å². The van der Waals surface area contributed by atoms with E-state index in [1.54, 1.807) is 19.2 Å². The lowest BCUT2D eigenvalue weighted by atomic mass is 10.1. The number of nitrogens with one attached hydrogen (secondary N) is 1. The molecule has 6 nitrogen and oxygen atoms in total. The Labute approximate surface area is 118 Å². The molecule has 6 heteroatoms. The first-order valence-corrected chi connectivity index (χ1v) is 6.69. The van der Waals surface area contributed by atoms with Gasteiger partial charge in [-0.05, 0) is 37.0 Å². The lowest BCUT2D eigenvalue weighted by Gasteiger charge is -2.13. The summed E-state index contributed by atoms with van der Waals surface area (Å²) in [6, 6.07) is 5.32. The Balaban J connectivity index is 2.00. The highest BCUT2D eigenvalue weighted by molar-refractivity contribution is 5.97. The third kappa shape index (κ3) is 3.61. The van der Waals surface area contributed by atoms with E-state index < -0.39 is 0 Å². The van der Waals surface area contributed by atoms with Gasteiger partial charge in [-0.1, -0.05) is 5.16 Å². The molecule has 20 heavy (non-hydrogen) atoms. The fourth-order valence-corrected chi connectivity index (χ4v) is 2.14. The fraction of sp³-hybridized carbons (Fsp3) is 0.500. The van der Waals surface area contributed by atoms with E-state index in [-0.39, 0.29) is 11.9 Å². The van der Waals surface area contributed by atoms with Gasteiger partial charge in [0, 0.05) is 24.2 Å². The lowest BCUT2D eigenvalue weighted by Crippen LogP contribution is -2.28. The molecular weight excluding hydrogens is 258 g/mol. The quantitative estimate of drug-likeness (QED) is 0.254. The second-order valence-electron chi connectivity index (χ2n) is 5.05. The molecule has 0 saturated heterocycles. The van der Waals surface area contributed by atoms with E-state index in [4.69, 9.17) is 15.7 Å². The summed E-state index contributed by atoms with van der Waals surface area (Å²) in [5, 5.41) is 24.7. The highest BCUT2D eigenvalue weighted by Gasteiger charge is 2.29. The number of ether oxygens (including phenoxy) is 1. The van der Waals surface area contributed by atoms with Gasteiger partial charge in [0.1, 0.15) is 5.75 Å². The molecule has 1 fully saturated rings.